The minimum Gasteiger partial charge on any atom is -0.490 e. The molecular formula is C24H29ClN2O3S. The second-order valence-electron chi connectivity index (χ2n) is 8.76. The van der Waals surface area contributed by atoms with Gasteiger partial charge in [-0.3, -0.25) is 9.00 Å². The van der Waals surface area contributed by atoms with E-state index in [4.69, 9.17) is 16.3 Å². The average Bonchev–Trinajstić information content (AvgIpc) is 3.35. The Morgan fingerprint density at radius 1 is 1.13 bits per heavy atom. The molecule has 1 saturated heterocycles. The van der Waals surface area contributed by atoms with E-state index in [1.54, 1.807) is 29.4 Å². The van der Waals surface area contributed by atoms with Crippen LogP contribution in [0.25, 0.3) is 0 Å². The fraction of sp³-hybridized carbons (Fsp3) is 0.417. The molecule has 4 rings (SSSR count). The van der Waals surface area contributed by atoms with E-state index in [0.29, 0.717) is 29.3 Å². The first-order valence-electron chi connectivity index (χ1n) is 10.6. The molecule has 0 radical (unpaired) electrons. The van der Waals surface area contributed by atoms with Crippen LogP contribution in [0.1, 0.15) is 48.2 Å². The Morgan fingerprint density at radius 3 is 2.39 bits per heavy atom. The zero-order valence-electron chi connectivity index (χ0n) is 18.3. The van der Waals surface area contributed by atoms with Crippen LogP contribution in [0, 0.1) is 0 Å². The molecule has 0 aromatic heterocycles. The number of rotatable bonds is 5. The summed E-state index contributed by atoms with van der Waals surface area (Å²) in [6.45, 7) is 6.88. The molecular weight excluding hydrogens is 432 g/mol. The van der Waals surface area contributed by atoms with Gasteiger partial charge in [-0.2, -0.15) is 0 Å². The van der Waals surface area contributed by atoms with Gasteiger partial charge in [-0.05, 0) is 83.5 Å². The third-order valence-corrected chi connectivity index (χ3v) is 7.32. The van der Waals surface area contributed by atoms with Crippen LogP contribution in [0.3, 0.4) is 0 Å². The van der Waals surface area contributed by atoms with Gasteiger partial charge in [0.25, 0.3) is 5.91 Å². The number of halogens is 1. The molecule has 7 heteroatoms. The quantitative estimate of drug-likeness (QED) is 0.612. The number of nitrogens with zero attached hydrogens (tertiary/aromatic N) is 2. The van der Waals surface area contributed by atoms with Gasteiger partial charge in [0.05, 0.1) is 22.4 Å². The summed E-state index contributed by atoms with van der Waals surface area (Å²) in [4.78, 5) is 18.2. The fourth-order valence-electron chi connectivity index (χ4n) is 4.22. The van der Waals surface area contributed by atoms with Crippen LogP contribution in [0.15, 0.2) is 35.2 Å². The van der Waals surface area contributed by atoms with Crippen LogP contribution >= 0.6 is 11.6 Å². The first kappa shape index (κ1) is 22.0. The molecule has 1 unspecified atom stereocenters. The maximum atomic E-state index is 13.5. The summed E-state index contributed by atoms with van der Waals surface area (Å²) in [6.07, 6.45) is 3.85. The van der Waals surface area contributed by atoms with Crippen molar-refractivity contribution in [2.75, 3.05) is 24.2 Å². The molecule has 1 atom stereocenters. The molecule has 31 heavy (non-hydrogen) atoms. The largest absolute Gasteiger partial charge is 0.490 e. The smallest absolute Gasteiger partial charge is 0.258 e. The molecule has 166 valence electrons. The second-order valence-corrected chi connectivity index (χ2v) is 11.6. The van der Waals surface area contributed by atoms with Crippen LogP contribution in [0.5, 0.6) is 5.75 Å². The van der Waals surface area contributed by atoms with E-state index in [1.807, 2.05) is 19.9 Å². The van der Waals surface area contributed by atoms with E-state index in [0.717, 1.165) is 34.9 Å². The van der Waals surface area contributed by atoms with Crippen molar-refractivity contribution in [3.63, 3.8) is 0 Å². The van der Waals surface area contributed by atoms with E-state index >= 15 is 0 Å². The minimum atomic E-state index is -2.45. The zero-order valence-corrected chi connectivity index (χ0v) is 19.9. The van der Waals surface area contributed by atoms with Crippen molar-refractivity contribution in [2.24, 2.45) is 0 Å². The molecule has 1 fully saturated rings. The van der Waals surface area contributed by atoms with E-state index in [-0.39, 0.29) is 12.0 Å². The average molecular weight is 461 g/mol. The van der Waals surface area contributed by atoms with Crippen LogP contribution in [-0.4, -0.2) is 46.3 Å². The normalized spacial score (nSPS) is 17.7. The standard InChI is InChI=1S/C24H29ClN2O3S/c1-16(2)30-23-8-7-19(31(3,4)29)13-20(23)24(28)27-14-17-11-21(25)22(12-18(17)15-27)26-9-5-6-10-26/h7-8,11-13,16H,3,5-6,9-10,14-15H2,1-2,4H3. The lowest BCUT2D eigenvalue weighted by Crippen LogP contribution is -2.26. The lowest BCUT2D eigenvalue weighted by Gasteiger charge is -2.20. The number of hydrogen-bond donors (Lipinski definition) is 0. The summed E-state index contributed by atoms with van der Waals surface area (Å²) in [5, 5.41) is 0.739. The van der Waals surface area contributed by atoms with E-state index < -0.39 is 9.52 Å². The van der Waals surface area contributed by atoms with Crippen molar-refractivity contribution >= 4 is 38.6 Å². The third kappa shape index (κ3) is 4.55. The number of amides is 1. The molecule has 2 aromatic rings. The molecule has 5 nitrogen and oxygen atoms in total. The highest BCUT2D eigenvalue weighted by molar-refractivity contribution is 7.99. The Kier molecular flexibility index (Phi) is 5.97. The first-order chi connectivity index (χ1) is 14.6. The lowest BCUT2D eigenvalue weighted by molar-refractivity contribution is 0.0745. The molecule has 1 amide bonds. The Bertz CT molecular complexity index is 1120. The van der Waals surface area contributed by atoms with Crippen molar-refractivity contribution in [3.05, 3.63) is 52.0 Å². The van der Waals surface area contributed by atoms with Crippen molar-refractivity contribution in [1.29, 1.82) is 0 Å². The van der Waals surface area contributed by atoms with Gasteiger partial charge in [0.2, 0.25) is 0 Å². The van der Waals surface area contributed by atoms with Crippen LogP contribution in [-0.2, 0) is 22.6 Å². The molecule has 2 aliphatic heterocycles. The fourth-order valence-corrected chi connectivity index (χ4v) is 5.25. The number of hydrogen-bond acceptors (Lipinski definition) is 4. The number of carbonyl (C=O) groups is 1. The third-order valence-electron chi connectivity index (χ3n) is 5.77. The Balaban J connectivity index is 1.65. The van der Waals surface area contributed by atoms with E-state index in [9.17, 15) is 9.00 Å². The number of anilines is 1. The summed E-state index contributed by atoms with van der Waals surface area (Å²) in [5.74, 6) is 4.12. The molecule has 2 aliphatic rings. The highest BCUT2D eigenvalue weighted by atomic mass is 35.5. The van der Waals surface area contributed by atoms with Gasteiger partial charge in [-0.15, -0.1) is 0 Å². The lowest BCUT2D eigenvalue weighted by atomic mass is 10.1. The van der Waals surface area contributed by atoms with Crippen molar-refractivity contribution in [1.82, 2.24) is 4.90 Å². The second kappa shape index (κ2) is 8.40. The maximum absolute atomic E-state index is 13.5. The van der Waals surface area contributed by atoms with Crippen LogP contribution in [0.4, 0.5) is 5.69 Å². The molecule has 0 N–H and O–H groups in total. The van der Waals surface area contributed by atoms with Gasteiger partial charge in [0.15, 0.2) is 0 Å². The Morgan fingerprint density at radius 2 is 1.77 bits per heavy atom. The predicted molar refractivity (Wildman–Crippen MR) is 128 cm³/mol. The van der Waals surface area contributed by atoms with Gasteiger partial charge in [0.1, 0.15) is 5.75 Å². The van der Waals surface area contributed by atoms with Crippen LogP contribution in [0.2, 0.25) is 5.02 Å². The predicted octanol–water partition coefficient (Wildman–Crippen LogP) is 4.59. The zero-order chi connectivity index (χ0) is 22.3. The van der Waals surface area contributed by atoms with Crippen molar-refractivity contribution in [2.45, 2.75) is 50.8 Å². The molecule has 0 bridgehead atoms. The van der Waals surface area contributed by atoms with Gasteiger partial charge < -0.3 is 14.5 Å². The van der Waals surface area contributed by atoms with Crippen molar-refractivity contribution in [3.8, 4) is 5.75 Å². The number of benzene rings is 2. The highest BCUT2D eigenvalue weighted by Crippen LogP contribution is 2.36. The summed E-state index contributed by atoms with van der Waals surface area (Å²) < 4.78 is 18.4. The number of carbonyl (C=O) groups excluding carboxylic acids is 1. The molecule has 0 aliphatic carbocycles. The van der Waals surface area contributed by atoms with Gasteiger partial charge in [-0.1, -0.05) is 11.6 Å². The van der Waals surface area contributed by atoms with Gasteiger partial charge in [-0.25, -0.2) is 0 Å². The molecule has 2 aromatic carbocycles. The summed E-state index contributed by atoms with van der Waals surface area (Å²) in [6, 6.07) is 9.25. The van der Waals surface area contributed by atoms with Crippen molar-refractivity contribution < 1.29 is 13.7 Å². The highest BCUT2D eigenvalue weighted by Gasteiger charge is 2.29. The Hall–Kier alpha value is -2.18. The number of ether oxygens (including phenoxy) is 1. The SMILES string of the molecule is C=S(C)(=O)c1ccc(OC(C)C)c(C(=O)N2Cc3cc(Cl)c(N4CCCC4)cc3C2)c1. The number of fused-ring (bicyclic) bond motifs is 1. The van der Waals surface area contributed by atoms with Gasteiger partial charge in [0, 0.05) is 37.3 Å². The molecule has 0 saturated carbocycles. The summed E-state index contributed by atoms with van der Waals surface area (Å²) in [5.41, 5.74) is 3.67. The summed E-state index contributed by atoms with van der Waals surface area (Å²) >= 11 is 6.58. The monoisotopic (exact) mass is 460 g/mol. The van der Waals surface area contributed by atoms with Crippen LogP contribution < -0.4 is 9.64 Å². The minimum absolute atomic E-state index is 0.0827. The van der Waals surface area contributed by atoms with E-state index in [1.165, 1.54) is 12.8 Å². The molecule has 2 heterocycles. The summed E-state index contributed by atoms with van der Waals surface area (Å²) in [7, 11) is -2.45. The van der Waals surface area contributed by atoms with Gasteiger partial charge >= 0.3 is 0 Å². The maximum Gasteiger partial charge on any atom is 0.258 e. The first-order valence-corrected chi connectivity index (χ1v) is 13.1. The molecule has 0 spiro atoms. The Labute approximate surface area is 190 Å². The van der Waals surface area contributed by atoms with E-state index in [2.05, 4.69) is 16.8 Å². The topological polar surface area (TPSA) is 49.9 Å².